The molecule has 1 aliphatic heterocycles. The minimum atomic E-state index is 0.805. The van der Waals surface area contributed by atoms with Gasteiger partial charge >= 0.3 is 0 Å². The molecule has 1 N–H and O–H groups in total. The van der Waals surface area contributed by atoms with E-state index in [-0.39, 0.29) is 0 Å². The first-order valence-electron chi connectivity index (χ1n) is 7.77. The third-order valence-electron chi connectivity index (χ3n) is 4.66. The Kier molecular flexibility index (Phi) is 4.06. The number of nitrogens with one attached hydrogen (secondary N) is 1. The number of nitrogens with zero attached hydrogens (tertiary/aromatic N) is 2. The minimum absolute atomic E-state index is 0.805. The summed E-state index contributed by atoms with van der Waals surface area (Å²) in [6.07, 6.45) is 8.79. The van der Waals surface area contributed by atoms with E-state index < -0.39 is 0 Å². The highest BCUT2D eigenvalue weighted by molar-refractivity contribution is 5.28. The molecule has 1 aromatic rings. The van der Waals surface area contributed by atoms with Crippen LogP contribution in [0.15, 0.2) is 10.7 Å². The van der Waals surface area contributed by atoms with Crippen molar-refractivity contribution in [1.82, 2.24) is 10.3 Å². The molecule has 2 heterocycles. The van der Waals surface area contributed by atoms with E-state index in [1.807, 2.05) is 0 Å². The minimum Gasteiger partial charge on any atom is -0.432 e. The molecule has 1 aliphatic carbocycles. The molecule has 2 unspecified atom stereocenters. The zero-order valence-electron chi connectivity index (χ0n) is 11.9. The maximum atomic E-state index is 5.66. The lowest BCUT2D eigenvalue weighted by molar-refractivity contribution is 0.198. The van der Waals surface area contributed by atoms with E-state index in [0.29, 0.717) is 0 Å². The highest BCUT2D eigenvalue weighted by Gasteiger charge is 2.32. The monoisotopic (exact) mass is 263 g/mol. The molecule has 1 aromatic heterocycles. The SMILES string of the molecule is CCNCc1coc(N2CCC3CCCCC3C2)n1. The Balaban J connectivity index is 1.61. The first-order chi connectivity index (χ1) is 9.36. The molecule has 0 spiro atoms. The van der Waals surface area contributed by atoms with Crippen molar-refractivity contribution < 1.29 is 4.42 Å². The Morgan fingerprint density at radius 1 is 1.32 bits per heavy atom. The van der Waals surface area contributed by atoms with Crippen LogP contribution in [0.25, 0.3) is 0 Å². The summed E-state index contributed by atoms with van der Waals surface area (Å²) in [5, 5.41) is 3.29. The van der Waals surface area contributed by atoms with E-state index in [4.69, 9.17) is 4.42 Å². The van der Waals surface area contributed by atoms with Gasteiger partial charge < -0.3 is 14.6 Å². The summed E-state index contributed by atoms with van der Waals surface area (Å²) in [5.41, 5.74) is 1.02. The predicted molar refractivity (Wildman–Crippen MR) is 76.2 cm³/mol. The maximum Gasteiger partial charge on any atom is 0.297 e. The normalized spacial score (nSPS) is 27.3. The number of aromatic nitrogens is 1. The van der Waals surface area contributed by atoms with Crippen molar-refractivity contribution in [3.05, 3.63) is 12.0 Å². The lowest BCUT2D eigenvalue weighted by atomic mass is 9.75. The fourth-order valence-corrected chi connectivity index (χ4v) is 3.55. The van der Waals surface area contributed by atoms with Crippen LogP contribution >= 0.6 is 0 Å². The summed E-state index contributed by atoms with van der Waals surface area (Å²) in [5.74, 6) is 1.83. The average molecular weight is 263 g/mol. The second kappa shape index (κ2) is 5.95. The molecule has 0 radical (unpaired) electrons. The zero-order valence-corrected chi connectivity index (χ0v) is 11.9. The molecule has 3 rings (SSSR count). The van der Waals surface area contributed by atoms with Crippen molar-refractivity contribution >= 4 is 6.01 Å². The van der Waals surface area contributed by atoms with Crippen molar-refractivity contribution in [2.24, 2.45) is 11.8 Å². The predicted octanol–water partition coefficient (Wildman–Crippen LogP) is 2.80. The maximum absolute atomic E-state index is 5.66. The van der Waals surface area contributed by atoms with E-state index in [2.05, 4.69) is 22.1 Å². The van der Waals surface area contributed by atoms with Crippen LogP contribution in [0.1, 0.15) is 44.7 Å². The molecule has 106 valence electrons. The highest BCUT2D eigenvalue weighted by Crippen LogP contribution is 2.37. The summed E-state index contributed by atoms with van der Waals surface area (Å²) in [6, 6.07) is 0.830. The lowest BCUT2D eigenvalue weighted by Crippen LogP contribution is -2.42. The smallest absolute Gasteiger partial charge is 0.297 e. The van der Waals surface area contributed by atoms with Gasteiger partial charge in [0.25, 0.3) is 6.01 Å². The third kappa shape index (κ3) is 2.94. The van der Waals surface area contributed by atoms with Crippen molar-refractivity contribution in [2.45, 2.75) is 45.6 Å². The molecule has 0 aromatic carbocycles. The fourth-order valence-electron chi connectivity index (χ4n) is 3.55. The van der Waals surface area contributed by atoms with Gasteiger partial charge in [-0.25, -0.2) is 0 Å². The van der Waals surface area contributed by atoms with Crippen LogP contribution in [0.2, 0.25) is 0 Å². The fraction of sp³-hybridized carbons (Fsp3) is 0.800. The van der Waals surface area contributed by atoms with Gasteiger partial charge in [0.2, 0.25) is 0 Å². The van der Waals surface area contributed by atoms with E-state index in [0.717, 1.165) is 49.7 Å². The number of fused-ring (bicyclic) bond motifs is 1. The third-order valence-corrected chi connectivity index (χ3v) is 4.66. The molecule has 1 saturated heterocycles. The van der Waals surface area contributed by atoms with Gasteiger partial charge in [0.15, 0.2) is 0 Å². The van der Waals surface area contributed by atoms with Crippen molar-refractivity contribution in [2.75, 3.05) is 24.5 Å². The molecular weight excluding hydrogens is 238 g/mol. The Morgan fingerprint density at radius 3 is 3.00 bits per heavy atom. The summed E-state index contributed by atoms with van der Waals surface area (Å²) in [6.45, 7) is 6.14. The van der Waals surface area contributed by atoms with Crippen LogP contribution in [0.4, 0.5) is 6.01 Å². The molecule has 4 heteroatoms. The standard InChI is InChI=1S/C15H25N3O/c1-2-16-9-14-11-19-15(17-14)18-8-7-12-5-3-4-6-13(12)10-18/h11-13,16H,2-10H2,1H3. The summed E-state index contributed by atoms with van der Waals surface area (Å²) < 4.78 is 5.66. The van der Waals surface area contributed by atoms with Gasteiger partial charge in [0.1, 0.15) is 6.26 Å². The summed E-state index contributed by atoms with van der Waals surface area (Å²) in [7, 11) is 0. The Bertz CT molecular complexity index is 404. The first-order valence-corrected chi connectivity index (χ1v) is 7.77. The number of piperidine rings is 1. The summed E-state index contributed by atoms with van der Waals surface area (Å²) >= 11 is 0. The Morgan fingerprint density at radius 2 is 2.16 bits per heavy atom. The van der Waals surface area contributed by atoms with Crippen molar-refractivity contribution in [3.63, 3.8) is 0 Å². The topological polar surface area (TPSA) is 41.3 Å². The number of hydrogen-bond acceptors (Lipinski definition) is 4. The summed E-state index contributed by atoms with van der Waals surface area (Å²) in [4.78, 5) is 6.95. The van der Waals surface area contributed by atoms with Gasteiger partial charge in [-0.2, -0.15) is 4.98 Å². The van der Waals surface area contributed by atoms with E-state index >= 15 is 0 Å². The molecule has 0 amide bonds. The molecule has 1 saturated carbocycles. The number of oxazole rings is 1. The molecule has 4 nitrogen and oxygen atoms in total. The number of hydrogen-bond donors (Lipinski definition) is 1. The molecule has 2 fully saturated rings. The quantitative estimate of drug-likeness (QED) is 0.907. The van der Waals surface area contributed by atoms with Crippen LogP contribution in [0.5, 0.6) is 0 Å². The number of rotatable bonds is 4. The molecule has 19 heavy (non-hydrogen) atoms. The van der Waals surface area contributed by atoms with Crippen LogP contribution in [-0.4, -0.2) is 24.6 Å². The molecule has 0 bridgehead atoms. The molecular formula is C15H25N3O. The van der Waals surface area contributed by atoms with Crippen LogP contribution in [0.3, 0.4) is 0 Å². The second-order valence-corrected chi connectivity index (χ2v) is 5.94. The first kappa shape index (κ1) is 13.0. The zero-order chi connectivity index (χ0) is 13.1. The average Bonchev–Trinajstić information content (AvgIpc) is 2.93. The second-order valence-electron chi connectivity index (χ2n) is 5.94. The van der Waals surface area contributed by atoms with E-state index in [1.165, 1.54) is 32.1 Å². The van der Waals surface area contributed by atoms with E-state index in [9.17, 15) is 0 Å². The largest absolute Gasteiger partial charge is 0.432 e. The van der Waals surface area contributed by atoms with Gasteiger partial charge in [0.05, 0.1) is 5.69 Å². The van der Waals surface area contributed by atoms with E-state index in [1.54, 1.807) is 6.26 Å². The van der Waals surface area contributed by atoms with Crippen molar-refractivity contribution in [3.8, 4) is 0 Å². The Hall–Kier alpha value is -1.03. The van der Waals surface area contributed by atoms with Gasteiger partial charge in [0, 0.05) is 19.6 Å². The van der Waals surface area contributed by atoms with Gasteiger partial charge in [-0.1, -0.05) is 26.2 Å². The molecule has 2 atom stereocenters. The van der Waals surface area contributed by atoms with Crippen LogP contribution in [0, 0.1) is 11.8 Å². The van der Waals surface area contributed by atoms with Gasteiger partial charge in [-0.05, 0) is 31.2 Å². The van der Waals surface area contributed by atoms with Gasteiger partial charge in [-0.15, -0.1) is 0 Å². The van der Waals surface area contributed by atoms with Crippen molar-refractivity contribution in [1.29, 1.82) is 0 Å². The van der Waals surface area contributed by atoms with Crippen LogP contribution in [-0.2, 0) is 6.54 Å². The molecule has 2 aliphatic rings. The van der Waals surface area contributed by atoms with Gasteiger partial charge in [-0.3, -0.25) is 0 Å². The highest BCUT2D eigenvalue weighted by atomic mass is 16.4. The number of anilines is 1. The Labute approximate surface area is 115 Å². The lowest BCUT2D eigenvalue weighted by Gasteiger charge is -2.40. The van der Waals surface area contributed by atoms with Crippen LogP contribution < -0.4 is 10.2 Å².